The van der Waals surface area contributed by atoms with Gasteiger partial charge in [-0.1, -0.05) is 41.9 Å². The maximum absolute atomic E-state index is 12.1. The molecule has 0 saturated carbocycles. The van der Waals surface area contributed by atoms with Gasteiger partial charge in [0.15, 0.2) is 15.1 Å². The summed E-state index contributed by atoms with van der Waals surface area (Å²) in [5.74, 6) is -2.00. The standard InChI is InChI=1S/C12H15BrO4S/c1-8(2)11(12(14)15)18(16,17)7-9-3-5-10(13)6-4-9/h3-6,8,11H,7H2,1-2H3,(H,14,15). The minimum Gasteiger partial charge on any atom is -0.480 e. The van der Waals surface area contributed by atoms with E-state index in [0.29, 0.717) is 5.56 Å². The van der Waals surface area contributed by atoms with Gasteiger partial charge in [-0.15, -0.1) is 0 Å². The molecule has 4 nitrogen and oxygen atoms in total. The highest BCUT2D eigenvalue weighted by Gasteiger charge is 2.35. The normalized spacial score (nSPS) is 13.6. The smallest absolute Gasteiger partial charge is 0.322 e. The van der Waals surface area contributed by atoms with Crippen molar-refractivity contribution in [3.8, 4) is 0 Å². The average Bonchev–Trinajstić information content (AvgIpc) is 2.19. The Kier molecular flexibility index (Phi) is 4.92. The van der Waals surface area contributed by atoms with Crippen molar-refractivity contribution in [2.24, 2.45) is 5.92 Å². The molecular weight excluding hydrogens is 320 g/mol. The summed E-state index contributed by atoms with van der Waals surface area (Å²) in [5, 5.41) is 7.65. The summed E-state index contributed by atoms with van der Waals surface area (Å²) in [4.78, 5) is 11.0. The second kappa shape index (κ2) is 5.84. The molecule has 0 aromatic heterocycles. The van der Waals surface area contributed by atoms with Crippen molar-refractivity contribution in [1.29, 1.82) is 0 Å². The molecule has 0 fully saturated rings. The molecule has 0 amide bonds. The van der Waals surface area contributed by atoms with Gasteiger partial charge in [-0.2, -0.15) is 0 Å². The highest BCUT2D eigenvalue weighted by molar-refractivity contribution is 9.10. The van der Waals surface area contributed by atoms with Gasteiger partial charge in [0, 0.05) is 4.47 Å². The van der Waals surface area contributed by atoms with Crippen LogP contribution in [0.3, 0.4) is 0 Å². The van der Waals surface area contributed by atoms with Crippen molar-refractivity contribution in [2.45, 2.75) is 24.9 Å². The molecule has 1 rings (SSSR count). The topological polar surface area (TPSA) is 71.4 Å². The van der Waals surface area contributed by atoms with E-state index in [0.717, 1.165) is 4.47 Å². The maximum atomic E-state index is 12.1. The number of carboxylic acids is 1. The monoisotopic (exact) mass is 334 g/mol. The molecule has 1 atom stereocenters. The van der Waals surface area contributed by atoms with Crippen LogP contribution in [0.25, 0.3) is 0 Å². The summed E-state index contributed by atoms with van der Waals surface area (Å²) in [6.07, 6.45) is 0. The Morgan fingerprint density at radius 2 is 1.78 bits per heavy atom. The van der Waals surface area contributed by atoms with E-state index in [1.165, 1.54) is 0 Å². The largest absolute Gasteiger partial charge is 0.480 e. The lowest BCUT2D eigenvalue weighted by molar-refractivity contribution is -0.137. The fourth-order valence-corrected chi connectivity index (χ4v) is 3.99. The summed E-state index contributed by atoms with van der Waals surface area (Å²) in [6.45, 7) is 3.19. The van der Waals surface area contributed by atoms with Crippen LogP contribution < -0.4 is 0 Å². The average molecular weight is 335 g/mol. The number of hydrogen-bond donors (Lipinski definition) is 1. The van der Waals surface area contributed by atoms with Crippen molar-refractivity contribution in [1.82, 2.24) is 0 Å². The fourth-order valence-electron chi connectivity index (χ4n) is 1.76. The number of benzene rings is 1. The van der Waals surface area contributed by atoms with Crippen LogP contribution in [0, 0.1) is 5.92 Å². The summed E-state index contributed by atoms with van der Waals surface area (Å²) in [5.41, 5.74) is 0.588. The lowest BCUT2D eigenvalue weighted by Gasteiger charge is -2.16. The van der Waals surface area contributed by atoms with E-state index >= 15 is 0 Å². The Hall–Kier alpha value is -0.880. The zero-order valence-electron chi connectivity index (χ0n) is 10.1. The first kappa shape index (κ1) is 15.2. The summed E-state index contributed by atoms with van der Waals surface area (Å²) in [7, 11) is -3.70. The van der Waals surface area contributed by atoms with Crippen LogP contribution in [0.2, 0.25) is 0 Å². The lowest BCUT2D eigenvalue weighted by Crippen LogP contribution is -2.35. The van der Waals surface area contributed by atoms with E-state index in [9.17, 15) is 13.2 Å². The molecule has 1 unspecified atom stereocenters. The van der Waals surface area contributed by atoms with Gasteiger partial charge in [-0.3, -0.25) is 4.79 Å². The molecule has 0 aliphatic carbocycles. The van der Waals surface area contributed by atoms with E-state index in [-0.39, 0.29) is 5.75 Å². The highest BCUT2D eigenvalue weighted by Crippen LogP contribution is 2.19. The molecule has 1 aromatic rings. The highest BCUT2D eigenvalue weighted by atomic mass is 79.9. The van der Waals surface area contributed by atoms with Gasteiger partial charge < -0.3 is 5.11 Å². The molecule has 0 heterocycles. The molecule has 0 saturated heterocycles. The molecule has 1 N–H and O–H groups in total. The van der Waals surface area contributed by atoms with Gasteiger partial charge in [0.1, 0.15) is 0 Å². The second-order valence-electron chi connectivity index (χ2n) is 4.44. The number of carboxylic acid groups (broad SMARTS) is 1. The molecular formula is C12H15BrO4S. The Balaban J connectivity index is 3.00. The number of carbonyl (C=O) groups is 1. The van der Waals surface area contributed by atoms with Crippen LogP contribution in [0.1, 0.15) is 19.4 Å². The third-order valence-electron chi connectivity index (χ3n) is 2.52. The number of halogens is 1. The molecule has 0 spiro atoms. The van der Waals surface area contributed by atoms with Gasteiger partial charge in [-0.05, 0) is 23.6 Å². The van der Waals surface area contributed by atoms with Crippen molar-refractivity contribution in [3.63, 3.8) is 0 Å². The van der Waals surface area contributed by atoms with Crippen LogP contribution in [0.4, 0.5) is 0 Å². The van der Waals surface area contributed by atoms with E-state index < -0.39 is 27.0 Å². The summed E-state index contributed by atoms with van der Waals surface area (Å²) >= 11 is 3.26. The van der Waals surface area contributed by atoms with E-state index in [2.05, 4.69) is 15.9 Å². The number of rotatable bonds is 5. The van der Waals surface area contributed by atoms with E-state index in [4.69, 9.17) is 5.11 Å². The van der Waals surface area contributed by atoms with Crippen LogP contribution >= 0.6 is 15.9 Å². The molecule has 6 heteroatoms. The third kappa shape index (κ3) is 3.81. The van der Waals surface area contributed by atoms with Gasteiger partial charge in [0.2, 0.25) is 0 Å². The quantitative estimate of drug-likeness (QED) is 0.897. The predicted octanol–water partition coefficient (Wildman–Crippen LogP) is 2.47. The first-order chi connectivity index (χ1) is 8.24. The number of sulfone groups is 1. The van der Waals surface area contributed by atoms with E-state index in [1.807, 2.05) is 0 Å². The van der Waals surface area contributed by atoms with Crippen LogP contribution in [-0.2, 0) is 20.4 Å². The number of aliphatic carboxylic acids is 1. The molecule has 0 radical (unpaired) electrons. The minimum atomic E-state index is -3.70. The first-order valence-corrected chi connectivity index (χ1v) is 7.93. The van der Waals surface area contributed by atoms with Crippen LogP contribution in [0.5, 0.6) is 0 Å². The summed E-state index contributed by atoms with van der Waals surface area (Å²) in [6, 6.07) is 6.80. The molecule has 0 bridgehead atoms. The maximum Gasteiger partial charge on any atom is 0.322 e. The van der Waals surface area contributed by atoms with Crippen molar-refractivity contribution >= 4 is 31.7 Å². The Morgan fingerprint density at radius 3 is 2.17 bits per heavy atom. The van der Waals surface area contributed by atoms with E-state index in [1.54, 1.807) is 38.1 Å². The minimum absolute atomic E-state index is 0.255. The van der Waals surface area contributed by atoms with Crippen molar-refractivity contribution in [3.05, 3.63) is 34.3 Å². The Morgan fingerprint density at radius 1 is 1.28 bits per heavy atom. The van der Waals surface area contributed by atoms with Gasteiger partial charge in [-0.25, -0.2) is 8.42 Å². The zero-order valence-corrected chi connectivity index (χ0v) is 12.5. The van der Waals surface area contributed by atoms with Crippen molar-refractivity contribution < 1.29 is 18.3 Å². The Bertz CT molecular complexity index is 520. The molecule has 0 aliphatic rings. The second-order valence-corrected chi connectivity index (χ2v) is 7.47. The zero-order chi connectivity index (χ0) is 13.9. The van der Waals surface area contributed by atoms with Crippen LogP contribution in [0.15, 0.2) is 28.7 Å². The number of hydrogen-bond acceptors (Lipinski definition) is 3. The first-order valence-electron chi connectivity index (χ1n) is 5.43. The molecule has 0 aliphatic heterocycles. The summed E-state index contributed by atoms with van der Waals surface area (Å²) < 4.78 is 25.0. The van der Waals surface area contributed by atoms with Gasteiger partial charge >= 0.3 is 5.97 Å². The molecule has 100 valence electrons. The van der Waals surface area contributed by atoms with Crippen LogP contribution in [-0.4, -0.2) is 24.7 Å². The van der Waals surface area contributed by atoms with Gasteiger partial charge in [0.25, 0.3) is 0 Å². The Labute approximate surface area is 115 Å². The van der Waals surface area contributed by atoms with Crippen molar-refractivity contribution in [2.75, 3.05) is 0 Å². The van der Waals surface area contributed by atoms with Gasteiger partial charge in [0.05, 0.1) is 5.75 Å². The SMILES string of the molecule is CC(C)C(C(=O)O)S(=O)(=O)Cc1ccc(Br)cc1. The third-order valence-corrected chi connectivity index (χ3v) is 5.30. The predicted molar refractivity (Wildman–Crippen MR) is 73.0 cm³/mol. The molecule has 18 heavy (non-hydrogen) atoms. The lowest BCUT2D eigenvalue weighted by atomic mass is 10.1. The fraction of sp³-hybridized carbons (Fsp3) is 0.417. The molecule has 1 aromatic carbocycles.